The molecule has 0 unspecified atom stereocenters. The number of carbonyl (C=O) groups excluding carboxylic acids is 1. The fourth-order valence-electron chi connectivity index (χ4n) is 2.36. The van der Waals surface area contributed by atoms with Gasteiger partial charge in [0.15, 0.2) is 0 Å². The standard InChI is InChI=1S/C17H13F3N2O5/c18-17(19,20)12-6-3-5-11(8-12)15(23)21-13(16(24)25)9-10-4-1-2-7-14(10)22(26)27/h1-8,13H,9H2,(H,21,23)(H,24,25)/t13-/m1/s1. The van der Waals surface area contributed by atoms with E-state index in [1.54, 1.807) is 0 Å². The molecule has 2 aromatic carbocycles. The van der Waals surface area contributed by atoms with Gasteiger partial charge >= 0.3 is 12.1 Å². The van der Waals surface area contributed by atoms with E-state index in [4.69, 9.17) is 0 Å². The Balaban J connectivity index is 2.23. The van der Waals surface area contributed by atoms with Gasteiger partial charge in [0.1, 0.15) is 6.04 Å². The first-order valence-electron chi connectivity index (χ1n) is 7.53. The number of nitrogens with zero attached hydrogens (tertiary/aromatic N) is 1. The number of halogens is 3. The van der Waals surface area contributed by atoms with Crippen molar-refractivity contribution in [1.29, 1.82) is 0 Å². The average molecular weight is 382 g/mol. The largest absolute Gasteiger partial charge is 0.480 e. The van der Waals surface area contributed by atoms with Crippen molar-refractivity contribution >= 4 is 17.6 Å². The Morgan fingerprint density at radius 2 is 1.81 bits per heavy atom. The summed E-state index contributed by atoms with van der Waals surface area (Å²) < 4.78 is 38.2. The summed E-state index contributed by atoms with van der Waals surface area (Å²) in [6, 6.07) is 7.33. The Kier molecular flexibility index (Phi) is 5.78. The Labute approximate surface area is 150 Å². The highest BCUT2D eigenvalue weighted by Gasteiger charge is 2.31. The average Bonchev–Trinajstić information content (AvgIpc) is 2.60. The molecule has 142 valence electrons. The first kappa shape index (κ1) is 19.9. The van der Waals surface area contributed by atoms with E-state index in [1.165, 1.54) is 24.3 Å². The maximum Gasteiger partial charge on any atom is 0.416 e. The number of carboxylic acids is 1. The number of carbonyl (C=O) groups is 2. The summed E-state index contributed by atoms with van der Waals surface area (Å²) in [5, 5.41) is 22.4. The van der Waals surface area contributed by atoms with E-state index in [0.29, 0.717) is 6.07 Å². The van der Waals surface area contributed by atoms with E-state index in [0.717, 1.165) is 18.2 Å². The lowest BCUT2D eigenvalue weighted by Crippen LogP contribution is -2.42. The molecular weight excluding hydrogens is 369 g/mol. The topological polar surface area (TPSA) is 110 Å². The van der Waals surface area contributed by atoms with Crippen molar-refractivity contribution in [2.75, 3.05) is 0 Å². The third-order valence-electron chi connectivity index (χ3n) is 3.67. The van der Waals surface area contributed by atoms with Crippen LogP contribution in [0.3, 0.4) is 0 Å². The lowest BCUT2D eigenvalue weighted by molar-refractivity contribution is -0.385. The number of aliphatic carboxylic acids is 1. The molecule has 27 heavy (non-hydrogen) atoms. The number of alkyl halides is 3. The molecule has 0 heterocycles. The van der Waals surface area contributed by atoms with Crippen molar-refractivity contribution in [1.82, 2.24) is 5.32 Å². The molecule has 0 fully saturated rings. The molecule has 0 saturated carbocycles. The molecular formula is C17H13F3N2O5. The van der Waals surface area contributed by atoms with Gasteiger partial charge in [-0.3, -0.25) is 14.9 Å². The van der Waals surface area contributed by atoms with Crippen LogP contribution in [0.1, 0.15) is 21.5 Å². The molecule has 0 aliphatic heterocycles. The number of rotatable bonds is 6. The lowest BCUT2D eigenvalue weighted by Gasteiger charge is -2.15. The summed E-state index contributed by atoms with van der Waals surface area (Å²) in [5.41, 5.74) is -1.68. The monoisotopic (exact) mass is 382 g/mol. The molecule has 7 nitrogen and oxygen atoms in total. The van der Waals surface area contributed by atoms with Gasteiger partial charge in [0.25, 0.3) is 11.6 Å². The molecule has 2 aromatic rings. The molecule has 0 saturated heterocycles. The van der Waals surface area contributed by atoms with Gasteiger partial charge in [-0.1, -0.05) is 24.3 Å². The normalized spacial score (nSPS) is 12.3. The highest BCUT2D eigenvalue weighted by atomic mass is 19.4. The first-order chi connectivity index (χ1) is 12.6. The SMILES string of the molecule is O=C(N[C@H](Cc1ccccc1[N+](=O)[O-])C(=O)O)c1cccc(C(F)(F)F)c1. The molecule has 10 heteroatoms. The van der Waals surface area contributed by atoms with Crippen molar-refractivity contribution in [3.8, 4) is 0 Å². The number of nitro benzene ring substituents is 1. The first-order valence-corrected chi connectivity index (χ1v) is 7.53. The summed E-state index contributed by atoms with van der Waals surface area (Å²) >= 11 is 0. The Hall–Kier alpha value is -3.43. The van der Waals surface area contributed by atoms with Gasteiger partial charge in [-0.15, -0.1) is 0 Å². The molecule has 0 aromatic heterocycles. The summed E-state index contributed by atoms with van der Waals surface area (Å²) in [6.45, 7) is 0. The van der Waals surface area contributed by atoms with Crippen molar-refractivity contribution < 1.29 is 32.8 Å². The number of amides is 1. The zero-order valence-electron chi connectivity index (χ0n) is 13.6. The fourth-order valence-corrected chi connectivity index (χ4v) is 2.36. The predicted molar refractivity (Wildman–Crippen MR) is 87.1 cm³/mol. The molecule has 1 atom stereocenters. The van der Waals surface area contributed by atoms with Crippen LogP contribution in [0.5, 0.6) is 0 Å². The molecule has 0 spiro atoms. The molecule has 0 aliphatic rings. The highest BCUT2D eigenvalue weighted by Crippen LogP contribution is 2.29. The van der Waals surface area contributed by atoms with Crippen LogP contribution < -0.4 is 5.32 Å². The quantitative estimate of drug-likeness (QED) is 0.590. The number of carboxylic acid groups (broad SMARTS) is 1. The van der Waals surface area contributed by atoms with E-state index < -0.39 is 41.0 Å². The van der Waals surface area contributed by atoms with Crippen LogP contribution in [0, 0.1) is 10.1 Å². The van der Waals surface area contributed by atoms with E-state index in [9.17, 15) is 38.0 Å². The molecule has 0 radical (unpaired) electrons. The Bertz CT molecular complexity index is 883. The van der Waals surface area contributed by atoms with Gasteiger partial charge in [0.2, 0.25) is 0 Å². The zero-order chi connectivity index (χ0) is 20.2. The third kappa shape index (κ3) is 5.03. The van der Waals surface area contributed by atoms with Gasteiger partial charge in [-0.25, -0.2) is 4.79 Å². The fraction of sp³-hybridized carbons (Fsp3) is 0.176. The molecule has 0 aliphatic carbocycles. The molecule has 1 amide bonds. The van der Waals surface area contributed by atoms with Gasteiger partial charge < -0.3 is 10.4 Å². The minimum atomic E-state index is -4.66. The van der Waals surface area contributed by atoms with Crippen molar-refractivity contribution in [3.63, 3.8) is 0 Å². The van der Waals surface area contributed by atoms with E-state index >= 15 is 0 Å². The van der Waals surface area contributed by atoms with Crippen LogP contribution in [-0.2, 0) is 17.4 Å². The number of hydrogen-bond acceptors (Lipinski definition) is 4. The van der Waals surface area contributed by atoms with Gasteiger partial charge in [-0.05, 0) is 18.2 Å². The minimum absolute atomic E-state index is 0.0687. The van der Waals surface area contributed by atoms with Gasteiger partial charge in [0.05, 0.1) is 10.5 Å². The second kappa shape index (κ2) is 7.85. The van der Waals surface area contributed by atoms with Crippen LogP contribution in [0.15, 0.2) is 48.5 Å². The maximum absolute atomic E-state index is 12.7. The summed E-state index contributed by atoms with van der Waals surface area (Å²) in [6.07, 6.45) is -5.07. The Morgan fingerprint density at radius 3 is 2.41 bits per heavy atom. The predicted octanol–water partition coefficient (Wildman–Crippen LogP) is 3.04. The number of hydrogen-bond donors (Lipinski definition) is 2. The van der Waals surface area contributed by atoms with Crippen molar-refractivity contribution in [2.24, 2.45) is 0 Å². The summed E-state index contributed by atoms with van der Waals surface area (Å²) in [4.78, 5) is 33.9. The second-order valence-electron chi connectivity index (χ2n) is 5.53. The number of nitro groups is 1. The number of benzene rings is 2. The van der Waals surface area contributed by atoms with E-state index in [1.807, 2.05) is 0 Å². The molecule has 0 bridgehead atoms. The zero-order valence-corrected chi connectivity index (χ0v) is 13.6. The maximum atomic E-state index is 12.7. The van der Waals surface area contributed by atoms with Crippen molar-refractivity contribution in [2.45, 2.75) is 18.6 Å². The highest BCUT2D eigenvalue weighted by molar-refractivity contribution is 5.96. The van der Waals surface area contributed by atoms with Crippen LogP contribution in [0.2, 0.25) is 0 Å². The van der Waals surface area contributed by atoms with Gasteiger partial charge in [0, 0.05) is 23.6 Å². The van der Waals surface area contributed by atoms with Crippen LogP contribution >= 0.6 is 0 Å². The van der Waals surface area contributed by atoms with E-state index in [2.05, 4.69) is 5.32 Å². The summed E-state index contributed by atoms with van der Waals surface area (Å²) in [5.74, 6) is -2.51. The summed E-state index contributed by atoms with van der Waals surface area (Å²) in [7, 11) is 0. The second-order valence-corrected chi connectivity index (χ2v) is 5.53. The van der Waals surface area contributed by atoms with Crippen LogP contribution in [0.25, 0.3) is 0 Å². The third-order valence-corrected chi connectivity index (χ3v) is 3.67. The molecule has 2 N–H and O–H groups in total. The number of para-hydroxylation sites is 1. The van der Waals surface area contributed by atoms with Crippen molar-refractivity contribution in [3.05, 3.63) is 75.3 Å². The van der Waals surface area contributed by atoms with Crippen LogP contribution in [-0.4, -0.2) is 27.9 Å². The lowest BCUT2D eigenvalue weighted by atomic mass is 10.0. The van der Waals surface area contributed by atoms with Crippen LogP contribution in [0.4, 0.5) is 18.9 Å². The van der Waals surface area contributed by atoms with E-state index in [-0.39, 0.29) is 16.8 Å². The smallest absolute Gasteiger partial charge is 0.416 e. The molecule has 2 rings (SSSR count). The number of nitrogens with one attached hydrogen (secondary N) is 1. The minimum Gasteiger partial charge on any atom is -0.480 e. The Morgan fingerprint density at radius 1 is 1.15 bits per heavy atom. The van der Waals surface area contributed by atoms with Gasteiger partial charge in [-0.2, -0.15) is 13.2 Å².